The van der Waals surface area contributed by atoms with Crippen molar-refractivity contribution in [2.24, 2.45) is 5.92 Å². The van der Waals surface area contributed by atoms with E-state index in [1.54, 1.807) is 37.8 Å². The van der Waals surface area contributed by atoms with Gasteiger partial charge in [-0.05, 0) is 63.3 Å². The zero-order valence-electron chi connectivity index (χ0n) is 25.8. The van der Waals surface area contributed by atoms with Crippen LogP contribution in [0.2, 0.25) is 0 Å². The minimum absolute atomic E-state index is 0.263. The molecule has 0 fully saturated rings. The predicted octanol–water partition coefficient (Wildman–Crippen LogP) is 7.00. The zero-order chi connectivity index (χ0) is 30.6. The number of terminal acetylenes is 1. The van der Waals surface area contributed by atoms with Crippen LogP contribution in [-0.4, -0.2) is 41.0 Å². The number of hydrogen-bond acceptors (Lipinski definition) is 4. The van der Waals surface area contributed by atoms with Crippen molar-refractivity contribution in [1.82, 2.24) is 10.2 Å². The highest BCUT2D eigenvalue weighted by atomic mass is 16.6. The van der Waals surface area contributed by atoms with Gasteiger partial charge in [0.05, 0.1) is 0 Å². The number of unbranched alkanes of at least 4 members (excludes halogenated alkanes) is 4. The molecule has 7 heteroatoms. The van der Waals surface area contributed by atoms with Gasteiger partial charge in [-0.2, -0.15) is 0 Å². The first-order valence-corrected chi connectivity index (χ1v) is 14.6. The molecule has 0 saturated heterocycles. The van der Waals surface area contributed by atoms with E-state index >= 15 is 0 Å². The van der Waals surface area contributed by atoms with Crippen LogP contribution in [0.25, 0.3) is 0 Å². The molecule has 2 atom stereocenters. The number of nitrogens with one attached hydrogen (secondary N) is 2. The highest BCUT2D eigenvalue weighted by molar-refractivity contribution is 5.99. The topological polar surface area (TPSA) is 87.7 Å². The normalized spacial score (nSPS) is 12.7. The highest BCUT2D eigenvalue weighted by Crippen LogP contribution is 2.29. The Morgan fingerprint density at radius 3 is 2.22 bits per heavy atom. The lowest BCUT2D eigenvalue weighted by atomic mass is 9.95. The van der Waals surface area contributed by atoms with E-state index in [9.17, 15) is 14.4 Å². The van der Waals surface area contributed by atoms with Gasteiger partial charge in [0.2, 0.25) is 5.91 Å². The van der Waals surface area contributed by atoms with Crippen molar-refractivity contribution in [2.45, 2.75) is 98.3 Å². The monoisotopic (exact) mass is 561 g/mol. The first kappa shape index (κ1) is 33.4. The van der Waals surface area contributed by atoms with Crippen molar-refractivity contribution in [3.8, 4) is 12.3 Å². The molecule has 0 aliphatic heterocycles. The third-order valence-corrected chi connectivity index (χ3v) is 6.76. The van der Waals surface area contributed by atoms with Crippen molar-refractivity contribution >= 4 is 23.6 Å². The van der Waals surface area contributed by atoms with Crippen LogP contribution in [-0.2, 0) is 14.3 Å². The van der Waals surface area contributed by atoms with Gasteiger partial charge >= 0.3 is 6.09 Å². The number of rotatable bonds is 13. The van der Waals surface area contributed by atoms with Gasteiger partial charge in [-0.15, -0.1) is 6.42 Å². The molecule has 0 aliphatic carbocycles. The second kappa shape index (κ2) is 15.9. The molecule has 0 aliphatic rings. The maximum absolute atomic E-state index is 14.4. The van der Waals surface area contributed by atoms with Crippen LogP contribution in [0.1, 0.15) is 96.4 Å². The SMILES string of the molecule is C#Cc1ccccc1C(C(=O)Nc1ccccc1C)N(CCCCCCC)C(=O)C(NC(=O)OC(C)(C)C)C(C)C. The van der Waals surface area contributed by atoms with Gasteiger partial charge in [0.1, 0.15) is 17.7 Å². The van der Waals surface area contributed by atoms with E-state index in [0.717, 1.165) is 31.2 Å². The van der Waals surface area contributed by atoms with E-state index < -0.39 is 23.8 Å². The summed E-state index contributed by atoms with van der Waals surface area (Å²) in [6.07, 6.45) is 10.0. The third-order valence-electron chi connectivity index (χ3n) is 6.76. The lowest BCUT2D eigenvalue weighted by Gasteiger charge is -2.36. The molecule has 0 saturated carbocycles. The number of aryl methyl sites for hydroxylation is 1. The summed E-state index contributed by atoms with van der Waals surface area (Å²) >= 11 is 0. The Labute approximate surface area is 246 Å². The smallest absolute Gasteiger partial charge is 0.408 e. The molecule has 0 heterocycles. The molecule has 3 amide bonds. The fourth-order valence-electron chi connectivity index (χ4n) is 4.61. The van der Waals surface area contributed by atoms with E-state index in [1.165, 1.54) is 0 Å². The number of amides is 3. The number of para-hydroxylation sites is 1. The van der Waals surface area contributed by atoms with Crippen molar-refractivity contribution in [3.05, 3.63) is 65.2 Å². The first-order chi connectivity index (χ1) is 19.4. The van der Waals surface area contributed by atoms with Crippen molar-refractivity contribution in [2.75, 3.05) is 11.9 Å². The van der Waals surface area contributed by atoms with Crippen LogP contribution in [0.15, 0.2) is 48.5 Å². The Kier molecular flexibility index (Phi) is 12.9. The Balaban J connectivity index is 2.58. The van der Waals surface area contributed by atoms with Crippen LogP contribution >= 0.6 is 0 Å². The number of carbonyl (C=O) groups excluding carboxylic acids is 3. The third kappa shape index (κ3) is 10.3. The summed E-state index contributed by atoms with van der Waals surface area (Å²) < 4.78 is 5.47. The van der Waals surface area contributed by atoms with E-state index in [1.807, 2.05) is 57.2 Å². The molecule has 7 nitrogen and oxygen atoms in total. The molecule has 222 valence electrons. The quantitative estimate of drug-likeness (QED) is 0.204. The van der Waals surface area contributed by atoms with Crippen LogP contribution in [0, 0.1) is 25.2 Å². The Morgan fingerprint density at radius 1 is 0.976 bits per heavy atom. The second-order valence-electron chi connectivity index (χ2n) is 11.8. The molecule has 2 rings (SSSR count). The average molecular weight is 562 g/mol. The van der Waals surface area contributed by atoms with E-state index in [4.69, 9.17) is 11.2 Å². The number of ether oxygens (including phenoxy) is 1. The fraction of sp³-hybridized carbons (Fsp3) is 0.500. The van der Waals surface area contributed by atoms with Gasteiger partial charge in [-0.3, -0.25) is 9.59 Å². The molecule has 2 N–H and O–H groups in total. The largest absolute Gasteiger partial charge is 0.444 e. The maximum atomic E-state index is 14.4. The van der Waals surface area contributed by atoms with Crippen molar-refractivity contribution in [1.29, 1.82) is 0 Å². The summed E-state index contributed by atoms with van der Waals surface area (Å²) in [5, 5.41) is 5.80. The van der Waals surface area contributed by atoms with Gasteiger partial charge in [0.15, 0.2) is 0 Å². The molecule has 0 radical (unpaired) electrons. The Morgan fingerprint density at radius 2 is 1.61 bits per heavy atom. The van der Waals surface area contributed by atoms with Crippen LogP contribution in [0.3, 0.4) is 0 Å². The molecule has 2 aromatic rings. The number of alkyl carbamates (subject to hydrolysis) is 1. The van der Waals surface area contributed by atoms with Crippen molar-refractivity contribution in [3.63, 3.8) is 0 Å². The standard InChI is InChI=1S/C34H47N3O4/c1-9-11-12-13-18-23-37(32(39)29(24(3)4)36-33(40)41-34(6,7)8)30(27-21-16-15-20-26(27)10-2)31(38)35-28-22-17-14-19-25(28)5/h2,14-17,19-22,24,29-30H,9,11-13,18,23H2,1,3-8H3,(H,35,38)(H,36,40). The maximum Gasteiger partial charge on any atom is 0.408 e. The summed E-state index contributed by atoms with van der Waals surface area (Å²) in [6, 6.07) is 12.8. The van der Waals surface area contributed by atoms with Gasteiger partial charge in [-0.1, -0.05) is 88.8 Å². The summed E-state index contributed by atoms with van der Waals surface area (Å²) in [5.41, 5.74) is 1.91. The number of anilines is 1. The highest BCUT2D eigenvalue weighted by Gasteiger charge is 2.38. The number of carbonyl (C=O) groups is 3. The Hall–Kier alpha value is -3.79. The summed E-state index contributed by atoms with van der Waals surface area (Å²) in [7, 11) is 0. The van der Waals surface area contributed by atoms with Gasteiger partial charge < -0.3 is 20.3 Å². The zero-order valence-corrected chi connectivity index (χ0v) is 25.8. The molecule has 0 aromatic heterocycles. The summed E-state index contributed by atoms with van der Waals surface area (Å²) in [6.45, 7) is 13.4. The minimum atomic E-state index is -1.01. The van der Waals surface area contributed by atoms with Gasteiger partial charge in [0.25, 0.3) is 5.91 Å². The van der Waals surface area contributed by atoms with Gasteiger partial charge in [-0.25, -0.2) is 4.79 Å². The minimum Gasteiger partial charge on any atom is -0.444 e. The van der Waals surface area contributed by atoms with Crippen LogP contribution in [0.5, 0.6) is 0 Å². The molecule has 2 aromatic carbocycles. The molecule has 2 unspecified atom stereocenters. The number of nitrogens with zero attached hydrogens (tertiary/aromatic N) is 1. The lowest BCUT2D eigenvalue weighted by Crippen LogP contribution is -2.54. The molecular formula is C34H47N3O4. The molecule has 0 bridgehead atoms. The molecule has 41 heavy (non-hydrogen) atoms. The van der Waals surface area contributed by atoms with Crippen LogP contribution in [0.4, 0.5) is 10.5 Å². The predicted molar refractivity (Wildman–Crippen MR) is 165 cm³/mol. The number of benzene rings is 2. The van der Waals surface area contributed by atoms with E-state index in [-0.39, 0.29) is 17.7 Å². The van der Waals surface area contributed by atoms with Crippen molar-refractivity contribution < 1.29 is 19.1 Å². The first-order valence-electron chi connectivity index (χ1n) is 14.6. The fourth-order valence-corrected chi connectivity index (χ4v) is 4.61. The van der Waals surface area contributed by atoms with Crippen LogP contribution < -0.4 is 10.6 Å². The van der Waals surface area contributed by atoms with E-state index in [2.05, 4.69) is 23.5 Å². The molecular weight excluding hydrogens is 514 g/mol. The second-order valence-corrected chi connectivity index (χ2v) is 11.8. The Bertz CT molecular complexity index is 1210. The number of hydrogen-bond donors (Lipinski definition) is 2. The summed E-state index contributed by atoms with van der Waals surface area (Å²) in [5.74, 6) is 1.69. The lowest BCUT2D eigenvalue weighted by molar-refractivity contribution is -0.141. The summed E-state index contributed by atoms with van der Waals surface area (Å²) in [4.78, 5) is 42.9. The van der Waals surface area contributed by atoms with Gasteiger partial charge in [0, 0.05) is 17.8 Å². The van der Waals surface area contributed by atoms with E-state index in [0.29, 0.717) is 29.8 Å². The molecule has 0 spiro atoms. The average Bonchev–Trinajstić information content (AvgIpc) is 2.90.